The van der Waals surface area contributed by atoms with Crippen LogP contribution in [0.2, 0.25) is 0 Å². The van der Waals surface area contributed by atoms with Gasteiger partial charge in [0.25, 0.3) is 0 Å². The standard InChI is InChI=1S/C19H22N6OS/c1-13-6-5-7-17(14(13)2)25-19(21-22-23-25)27-12-18(26)20-15-8-10-16(11-9-15)24(3)4/h5-11H,12H2,1-4H3,(H,20,26). The second-order valence-electron chi connectivity index (χ2n) is 6.37. The number of anilines is 2. The van der Waals surface area contributed by atoms with Gasteiger partial charge >= 0.3 is 0 Å². The monoisotopic (exact) mass is 382 g/mol. The number of aryl methyl sites for hydroxylation is 1. The number of carbonyl (C=O) groups is 1. The van der Waals surface area contributed by atoms with Crippen molar-refractivity contribution in [3.8, 4) is 5.69 Å². The van der Waals surface area contributed by atoms with Gasteiger partial charge in [-0.1, -0.05) is 23.9 Å². The number of nitrogens with zero attached hydrogens (tertiary/aromatic N) is 5. The van der Waals surface area contributed by atoms with Gasteiger partial charge in [-0.05, 0) is 65.7 Å². The third kappa shape index (κ3) is 4.46. The normalized spacial score (nSPS) is 10.7. The minimum Gasteiger partial charge on any atom is -0.378 e. The van der Waals surface area contributed by atoms with Gasteiger partial charge in [0.15, 0.2) is 0 Å². The number of tetrazole rings is 1. The van der Waals surface area contributed by atoms with Crippen molar-refractivity contribution < 1.29 is 4.79 Å². The van der Waals surface area contributed by atoms with Gasteiger partial charge in [-0.2, -0.15) is 4.68 Å². The molecule has 0 bridgehead atoms. The van der Waals surface area contributed by atoms with Crippen molar-refractivity contribution in [2.24, 2.45) is 0 Å². The first kappa shape index (κ1) is 18.9. The van der Waals surface area contributed by atoms with Gasteiger partial charge < -0.3 is 10.2 Å². The highest BCUT2D eigenvalue weighted by molar-refractivity contribution is 7.99. The molecule has 140 valence electrons. The molecule has 0 unspecified atom stereocenters. The molecule has 2 aromatic carbocycles. The lowest BCUT2D eigenvalue weighted by Crippen LogP contribution is -2.15. The summed E-state index contributed by atoms with van der Waals surface area (Å²) in [5.41, 5.74) is 5.03. The summed E-state index contributed by atoms with van der Waals surface area (Å²) in [4.78, 5) is 14.3. The van der Waals surface area contributed by atoms with Crippen molar-refractivity contribution >= 4 is 29.0 Å². The average molecular weight is 382 g/mol. The highest BCUT2D eigenvalue weighted by Crippen LogP contribution is 2.23. The Bertz CT molecular complexity index is 936. The van der Waals surface area contributed by atoms with E-state index in [2.05, 4.69) is 20.8 Å². The minimum absolute atomic E-state index is 0.104. The largest absolute Gasteiger partial charge is 0.378 e. The lowest BCUT2D eigenvalue weighted by atomic mass is 10.1. The summed E-state index contributed by atoms with van der Waals surface area (Å²) in [6, 6.07) is 13.7. The molecular formula is C19H22N6OS. The van der Waals surface area contributed by atoms with Crippen LogP contribution < -0.4 is 10.2 Å². The first-order chi connectivity index (χ1) is 13.0. The van der Waals surface area contributed by atoms with E-state index in [1.807, 2.05) is 75.3 Å². The Morgan fingerprint density at radius 1 is 1.15 bits per heavy atom. The molecule has 0 saturated carbocycles. The fourth-order valence-corrected chi connectivity index (χ4v) is 3.24. The number of rotatable bonds is 6. The summed E-state index contributed by atoms with van der Waals surface area (Å²) in [6.45, 7) is 4.08. The third-order valence-corrected chi connectivity index (χ3v) is 5.16. The molecule has 0 atom stereocenters. The molecular weight excluding hydrogens is 360 g/mol. The van der Waals surface area contributed by atoms with Gasteiger partial charge in [0.2, 0.25) is 11.1 Å². The summed E-state index contributed by atoms with van der Waals surface area (Å²) < 4.78 is 1.67. The Labute approximate surface area is 162 Å². The van der Waals surface area contributed by atoms with Crippen LogP contribution in [0.25, 0.3) is 5.69 Å². The van der Waals surface area contributed by atoms with Crippen LogP contribution in [0.5, 0.6) is 0 Å². The van der Waals surface area contributed by atoms with Crippen LogP contribution in [0.1, 0.15) is 11.1 Å². The number of aromatic nitrogens is 4. The Morgan fingerprint density at radius 2 is 1.89 bits per heavy atom. The zero-order valence-corrected chi connectivity index (χ0v) is 16.6. The topological polar surface area (TPSA) is 75.9 Å². The smallest absolute Gasteiger partial charge is 0.234 e. The van der Waals surface area contributed by atoms with Crippen molar-refractivity contribution in [1.29, 1.82) is 0 Å². The molecule has 0 radical (unpaired) electrons. The maximum atomic E-state index is 12.3. The number of hydrogen-bond acceptors (Lipinski definition) is 6. The van der Waals surface area contributed by atoms with E-state index in [0.717, 1.165) is 28.2 Å². The van der Waals surface area contributed by atoms with Gasteiger partial charge in [-0.15, -0.1) is 5.10 Å². The van der Waals surface area contributed by atoms with Crippen molar-refractivity contribution in [3.63, 3.8) is 0 Å². The van der Waals surface area contributed by atoms with E-state index in [1.165, 1.54) is 11.8 Å². The second kappa shape index (κ2) is 8.22. The molecule has 1 N–H and O–H groups in total. The fraction of sp³-hybridized carbons (Fsp3) is 0.263. The summed E-state index contributed by atoms with van der Waals surface area (Å²) in [6.07, 6.45) is 0. The van der Waals surface area contributed by atoms with E-state index in [4.69, 9.17) is 0 Å². The molecule has 3 rings (SSSR count). The number of benzene rings is 2. The van der Waals surface area contributed by atoms with Crippen LogP contribution in [-0.2, 0) is 4.79 Å². The number of amides is 1. The van der Waals surface area contributed by atoms with Crippen molar-refractivity contribution in [2.45, 2.75) is 19.0 Å². The average Bonchev–Trinajstić information content (AvgIpc) is 3.11. The van der Waals surface area contributed by atoms with Gasteiger partial charge in [-0.25, -0.2) is 0 Å². The van der Waals surface area contributed by atoms with Crippen molar-refractivity contribution in [2.75, 3.05) is 30.1 Å². The van der Waals surface area contributed by atoms with Crippen LogP contribution in [0, 0.1) is 13.8 Å². The second-order valence-corrected chi connectivity index (χ2v) is 7.31. The molecule has 0 spiro atoms. The lowest BCUT2D eigenvalue weighted by molar-refractivity contribution is -0.113. The molecule has 1 heterocycles. The predicted molar refractivity (Wildman–Crippen MR) is 109 cm³/mol. The molecule has 27 heavy (non-hydrogen) atoms. The Morgan fingerprint density at radius 3 is 2.59 bits per heavy atom. The molecule has 7 nitrogen and oxygen atoms in total. The quantitative estimate of drug-likeness (QED) is 0.660. The highest BCUT2D eigenvalue weighted by atomic mass is 32.2. The molecule has 1 amide bonds. The van der Waals surface area contributed by atoms with Gasteiger partial charge in [-0.3, -0.25) is 4.79 Å². The molecule has 1 aromatic heterocycles. The van der Waals surface area contributed by atoms with Crippen LogP contribution in [-0.4, -0.2) is 46.0 Å². The van der Waals surface area contributed by atoms with Gasteiger partial charge in [0, 0.05) is 25.5 Å². The van der Waals surface area contributed by atoms with Crippen LogP contribution >= 0.6 is 11.8 Å². The molecule has 0 aliphatic rings. The van der Waals surface area contributed by atoms with Gasteiger partial charge in [0.1, 0.15) is 0 Å². The zero-order valence-electron chi connectivity index (χ0n) is 15.8. The van der Waals surface area contributed by atoms with E-state index in [-0.39, 0.29) is 11.7 Å². The van der Waals surface area contributed by atoms with E-state index in [1.54, 1.807) is 4.68 Å². The Hall–Kier alpha value is -2.87. The van der Waals surface area contributed by atoms with E-state index in [0.29, 0.717) is 5.16 Å². The van der Waals surface area contributed by atoms with E-state index >= 15 is 0 Å². The van der Waals surface area contributed by atoms with Crippen molar-refractivity contribution in [3.05, 3.63) is 53.6 Å². The van der Waals surface area contributed by atoms with Crippen LogP contribution in [0.4, 0.5) is 11.4 Å². The molecule has 0 aliphatic carbocycles. The van der Waals surface area contributed by atoms with Gasteiger partial charge in [0.05, 0.1) is 11.4 Å². The molecule has 0 aliphatic heterocycles. The molecule has 8 heteroatoms. The Kier molecular flexibility index (Phi) is 5.75. The number of nitrogens with one attached hydrogen (secondary N) is 1. The predicted octanol–water partition coefficient (Wildman–Crippen LogP) is 3.08. The first-order valence-corrected chi connectivity index (χ1v) is 9.49. The molecule has 0 saturated heterocycles. The SMILES string of the molecule is Cc1cccc(-n2nnnc2SCC(=O)Nc2ccc(N(C)C)cc2)c1C. The third-order valence-electron chi connectivity index (χ3n) is 4.24. The number of carbonyl (C=O) groups excluding carboxylic acids is 1. The van der Waals surface area contributed by atoms with E-state index < -0.39 is 0 Å². The molecule has 3 aromatic rings. The summed E-state index contributed by atoms with van der Waals surface area (Å²) in [5.74, 6) is 0.119. The minimum atomic E-state index is -0.104. The van der Waals surface area contributed by atoms with Crippen molar-refractivity contribution in [1.82, 2.24) is 20.2 Å². The zero-order chi connectivity index (χ0) is 19.4. The molecule has 0 fully saturated rings. The maximum absolute atomic E-state index is 12.3. The lowest BCUT2D eigenvalue weighted by Gasteiger charge is -2.13. The number of hydrogen-bond donors (Lipinski definition) is 1. The summed E-state index contributed by atoms with van der Waals surface area (Å²) >= 11 is 1.31. The summed E-state index contributed by atoms with van der Waals surface area (Å²) in [5, 5.41) is 15.4. The van der Waals surface area contributed by atoms with Crippen LogP contribution in [0.3, 0.4) is 0 Å². The highest BCUT2D eigenvalue weighted by Gasteiger charge is 2.14. The number of thioether (sulfide) groups is 1. The first-order valence-electron chi connectivity index (χ1n) is 8.50. The maximum Gasteiger partial charge on any atom is 0.234 e. The summed E-state index contributed by atoms with van der Waals surface area (Å²) in [7, 11) is 3.95. The Balaban J connectivity index is 1.65. The van der Waals surface area contributed by atoms with E-state index in [9.17, 15) is 4.79 Å². The van der Waals surface area contributed by atoms with Crippen LogP contribution in [0.15, 0.2) is 47.6 Å². The fourth-order valence-electron chi connectivity index (χ4n) is 2.56.